The van der Waals surface area contributed by atoms with Crippen LogP contribution >= 0.6 is 24.0 Å². The van der Waals surface area contributed by atoms with Crippen molar-refractivity contribution in [2.45, 2.75) is 24.6 Å². The molecule has 0 aliphatic carbocycles. The zero-order valence-electron chi connectivity index (χ0n) is 14.4. The van der Waals surface area contributed by atoms with Crippen molar-refractivity contribution in [3.8, 4) is 0 Å². The SMILES string of the molecule is CN(CC(=O)Nc1ccc(Cl)c(C(F)(F)F)c1)C(=O)C1(N)CCOCC1.Cl. The minimum Gasteiger partial charge on any atom is -0.381 e. The lowest BCUT2D eigenvalue weighted by Crippen LogP contribution is -2.58. The number of nitrogens with zero attached hydrogens (tertiary/aromatic N) is 1. The summed E-state index contributed by atoms with van der Waals surface area (Å²) >= 11 is 5.53. The van der Waals surface area contributed by atoms with Crippen LogP contribution in [-0.2, 0) is 20.5 Å². The highest BCUT2D eigenvalue weighted by molar-refractivity contribution is 6.31. The molecule has 0 saturated carbocycles. The first-order valence-electron chi connectivity index (χ1n) is 7.82. The Hall–Kier alpha value is -1.55. The summed E-state index contributed by atoms with van der Waals surface area (Å²) in [6.45, 7) is 0.364. The van der Waals surface area contributed by atoms with Crippen LogP contribution in [0.25, 0.3) is 0 Å². The summed E-state index contributed by atoms with van der Waals surface area (Å²) in [6.07, 6.45) is -3.96. The highest BCUT2D eigenvalue weighted by Crippen LogP contribution is 2.36. The maximum Gasteiger partial charge on any atom is 0.417 e. The van der Waals surface area contributed by atoms with Crippen molar-refractivity contribution in [3.05, 3.63) is 28.8 Å². The second-order valence-corrected chi connectivity index (χ2v) is 6.58. The third-order valence-electron chi connectivity index (χ3n) is 4.09. The first-order chi connectivity index (χ1) is 12.0. The monoisotopic (exact) mass is 429 g/mol. The van der Waals surface area contributed by atoms with Crippen LogP contribution in [0.3, 0.4) is 0 Å². The van der Waals surface area contributed by atoms with Gasteiger partial charge in [-0.2, -0.15) is 13.2 Å². The minimum absolute atomic E-state index is 0. The molecule has 27 heavy (non-hydrogen) atoms. The first-order valence-corrected chi connectivity index (χ1v) is 8.19. The van der Waals surface area contributed by atoms with Crippen LogP contribution in [0, 0.1) is 0 Å². The van der Waals surface area contributed by atoms with Crippen molar-refractivity contribution in [1.29, 1.82) is 0 Å². The van der Waals surface area contributed by atoms with Gasteiger partial charge in [-0.1, -0.05) is 11.6 Å². The molecular weight excluding hydrogens is 410 g/mol. The van der Waals surface area contributed by atoms with Gasteiger partial charge in [0.15, 0.2) is 0 Å². The van der Waals surface area contributed by atoms with Crippen molar-refractivity contribution in [2.24, 2.45) is 5.73 Å². The number of nitrogens with one attached hydrogen (secondary N) is 1. The summed E-state index contributed by atoms with van der Waals surface area (Å²) in [6, 6.07) is 3.04. The molecule has 11 heteroatoms. The molecule has 0 atom stereocenters. The third-order valence-corrected chi connectivity index (χ3v) is 4.42. The number of anilines is 1. The van der Waals surface area contributed by atoms with Crippen molar-refractivity contribution >= 4 is 41.5 Å². The molecule has 1 fully saturated rings. The van der Waals surface area contributed by atoms with E-state index in [2.05, 4.69) is 5.32 Å². The Kier molecular flexibility index (Phi) is 7.91. The molecule has 1 aliphatic heterocycles. The van der Waals surface area contributed by atoms with E-state index in [1.165, 1.54) is 13.1 Å². The van der Waals surface area contributed by atoms with Crippen LogP contribution in [0.4, 0.5) is 18.9 Å². The number of rotatable bonds is 4. The van der Waals surface area contributed by atoms with Crippen LogP contribution in [0.15, 0.2) is 18.2 Å². The number of hydrogen-bond acceptors (Lipinski definition) is 4. The molecule has 0 spiro atoms. The fourth-order valence-electron chi connectivity index (χ4n) is 2.64. The Morgan fingerprint density at radius 3 is 2.48 bits per heavy atom. The minimum atomic E-state index is -4.64. The number of carbonyl (C=O) groups is 2. The number of halogens is 5. The molecule has 0 bridgehead atoms. The molecule has 1 aromatic carbocycles. The van der Waals surface area contributed by atoms with Gasteiger partial charge in [0.05, 0.1) is 22.7 Å². The highest BCUT2D eigenvalue weighted by atomic mass is 35.5. The zero-order chi connectivity index (χ0) is 19.5. The van der Waals surface area contributed by atoms with Gasteiger partial charge in [0.2, 0.25) is 11.8 Å². The number of hydrogen-bond donors (Lipinski definition) is 2. The van der Waals surface area contributed by atoms with E-state index in [0.717, 1.165) is 17.0 Å². The Morgan fingerprint density at radius 1 is 1.33 bits per heavy atom. The molecule has 2 amide bonds. The van der Waals surface area contributed by atoms with Crippen LogP contribution in [0.5, 0.6) is 0 Å². The maximum absolute atomic E-state index is 12.9. The first kappa shape index (κ1) is 23.5. The number of carbonyl (C=O) groups excluding carboxylic acids is 2. The smallest absolute Gasteiger partial charge is 0.381 e. The highest BCUT2D eigenvalue weighted by Gasteiger charge is 2.38. The van der Waals surface area contributed by atoms with E-state index in [9.17, 15) is 22.8 Å². The quantitative estimate of drug-likeness (QED) is 0.770. The standard InChI is InChI=1S/C16H19ClF3N3O3.ClH/c1-23(14(25)15(21)4-6-26-7-5-15)9-13(24)22-10-2-3-12(17)11(8-10)16(18,19)20;/h2-3,8H,4-7,9,21H2,1H3,(H,22,24);1H. The van der Waals surface area contributed by atoms with E-state index in [1.807, 2.05) is 0 Å². The van der Waals surface area contributed by atoms with Gasteiger partial charge in [-0.15, -0.1) is 12.4 Å². The molecule has 6 nitrogen and oxygen atoms in total. The van der Waals surface area contributed by atoms with E-state index >= 15 is 0 Å². The maximum atomic E-state index is 12.9. The van der Waals surface area contributed by atoms with E-state index in [0.29, 0.717) is 26.1 Å². The number of nitrogens with two attached hydrogens (primary N) is 1. The number of benzene rings is 1. The van der Waals surface area contributed by atoms with Gasteiger partial charge in [-0.05, 0) is 31.0 Å². The van der Waals surface area contributed by atoms with Crippen molar-refractivity contribution in [1.82, 2.24) is 4.90 Å². The van der Waals surface area contributed by atoms with Gasteiger partial charge in [-0.3, -0.25) is 9.59 Å². The lowest BCUT2D eigenvalue weighted by atomic mass is 9.90. The van der Waals surface area contributed by atoms with Crippen LogP contribution in [-0.4, -0.2) is 49.1 Å². The van der Waals surface area contributed by atoms with E-state index < -0.39 is 34.1 Å². The summed E-state index contributed by atoms with van der Waals surface area (Å²) in [4.78, 5) is 25.7. The molecule has 1 saturated heterocycles. The summed E-state index contributed by atoms with van der Waals surface area (Å²) < 4.78 is 43.7. The number of ether oxygens (including phenoxy) is 1. The Morgan fingerprint density at radius 2 is 1.93 bits per heavy atom. The summed E-state index contributed by atoms with van der Waals surface area (Å²) in [5.41, 5.74) is 3.85. The largest absolute Gasteiger partial charge is 0.417 e. The average Bonchev–Trinajstić information content (AvgIpc) is 2.55. The molecule has 1 aromatic rings. The molecule has 0 radical (unpaired) electrons. The second-order valence-electron chi connectivity index (χ2n) is 6.17. The van der Waals surface area contributed by atoms with Crippen molar-refractivity contribution in [2.75, 3.05) is 32.1 Å². The van der Waals surface area contributed by atoms with E-state index in [1.54, 1.807) is 0 Å². The van der Waals surface area contributed by atoms with Gasteiger partial charge < -0.3 is 20.7 Å². The molecule has 3 N–H and O–H groups in total. The Balaban J connectivity index is 0.00000364. The van der Waals surface area contributed by atoms with Crippen LogP contribution in [0.2, 0.25) is 5.02 Å². The molecule has 1 heterocycles. The third kappa shape index (κ3) is 5.97. The second kappa shape index (κ2) is 9.09. The van der Waals surface area contributed by atoms with Gasteiger partial charge in [0.25, 0.3) is 0 Å². The summed E-state index contributed by atoms with van der Waals surface area (Å²) in [5.74, 6) is -1.06. The molecule has 0 aromatic heterocycles. The van der Waals surface area contributed by atoms with Crippen LogP contribution in [0.1, 0.15) is 18.4 Å². The molecule has 2 rings (SSSR count). The van der Waals surface area contributed by atoms with Crippen molar-refractivity contribution < 1.29 is 27.5 Å². The van der Waals surface area contributed by atoms with Crippen LogP contribution < -0.4 is 11.1 Å². The molecule has 1 aliphatic rings. The fraction of sp³-hybridized carbons (Fsp3) is 0.500. The Bertz CT molecular complexity index is 695. The lowest BCUT2D eigenvalue weighted by molar-refractivity contribution is -0.141. The van der Waals surface area contributed by atoms with E-state index in [4.69, 9.17) is 22.1 Å². The molecule has 152 valence electrons. The van der Waals surface area contributed by atoms with E-state index in [-0.39, 0.29) is 24.6 Å². The normalized spacial score (nSPS) is 16.2. The van der Waals surface area contributed by atoms with Gasteiger partial charge in [0, 0.05) is 25.9 Å². The fourth-order valence-corrected chi connectivity index (χ4v) is 2.86. The average molecular weight is 430 g/mol. The zero-order valence-corrected chi connectivity index (χ0v) is 16.0. The summed E-state index contributed by atoms with van der Waals surface area (Å²) in [7, 11) is 1.41. The van der Waals surface area contributed by atoms with Crippen molar-refractivity contribution in [3.63, 3.8) is 0 Å². The predicted molar refractivity (Wildman–Crippen MR) is 96.9 cm³/mol. The van der Waals surface area contributed by atoms with Gasteiger partial charge in [-0.25, -0.2) is 0 Å². The van der Waals surface area contributed by atoms with Gasteiger partial charge in [0.1, 0.15) is 0 Å². The number of likely N-dealkylation sites (N-methyl/N-ethyl adjacent to an activating group) is 1. The number of alkyl halides is 3. The molecule has 0 unspecified atom stereocenters. The van der Waals surface area contributed by atoms with Gasteiger partial charge >= 0.3 is 6.18 Å². The lowest BCUT2D eigenvalue weighted by Gasteiger charge is -2.35. The Labute approximate surface area is 165 Å². The summed E-state index contributed by atoms with van der Waals surface area (Å²) in [5, 5.41) is 1.86. The topological polar surface area (TPSA) is 84.7 Å². The predicted octanol–water partition coefficient (Wildman–Crippen LogP) is 2.69. The molecular formula is C16H20Cl2F3N3O3. The number of amides is 2.